The summed E-state index contributed by atoms with van der Waals surface area (Å²) in [6, 6.07) is -0.394. The lowest BCUT2D eigenvalue weighted by Crippen LogP contribution is -2.39. The molecule has 0 bridgehead atoms. The summed E-state index contributed by atoms with van der Waals surface area (Å²) < 4.78 is 37.2. The van der Waals surface area contributed by atoms with Crippen LogP contribution in [-0.4, -0.2) is 19.3 Å². The van der Waals surface area contributed by atoms with E-state index in [9.17, 15) is 13.2 Å². The lowest BCUT2D eigenvalue weighted by molar-refractivity contribution is -0.143. The Hall–Kier alpha value is -0.250. The van der Waals surface area contributed by atoms with Crippen molar-refractivity contribution >= 4 is 0 Å². The largest absolute Gasteiger partial charge is 0.390 e. The second-order valence-electron chi connectivity index (χ2n) is 4.92. The maximum absolute atomic E-state index is 12.4. The van der Waals surface area contributed by atoms with Crippen LogP contribution in [0, 0.1) is 11.8 Å². The standard InChI is InChI=1S/C12H22F3N/c1-3-9-5-4-6-10(7-9)11(16-2)8-12(13,14)15/h9-11,16H,3-8H2,1-2H3. The van der Waals surface area contributed by atoms with Crippen LogP contribution in [0.2, 0.25) is 0 Å². The highest BCUT2D eigenvalue weighted by Crippen LogP contribution is 2.36. The van der Waals surface area contributed by atoms with E-state index < -0.39 is 18.6 Å². The van der Waals surface area contributed by atoms with Crippen LogP contribution in [0.3, 0.4) is 0 Å². The van der Waals surface area contributed by atoms with Gasteiger partial charge < -0.3 is 5.32 Å². The molecular formula is C12H22F3N. The average molecular weight is 237 g/mol. The minimum Gasteiger partial charge on any atom is -0.316 e. The van der Waals surface area contributed by atoms with Crippen molar-refractivity contribution in [3.8, 4) is 0 Å². The molecule has 1 aliphatic rings. The monoisotopic (exact) mass is 237 g/mol. The minimum absolute atomic E-state index is 0.199. The van der Waals surface area contributed by atoms with Gasteiger partial charge in [0.15, 0.2) is 0 Å². The Balaban J connectivity index is 2.51. The number of rotatable bonds is 4. The van der Waals surface area contributed by atoms with E-state index >= 15 is 0 Å². The molecule has 4 heteroatoms. The molecule has 1 aliphatic carbocycles. The molecule has 1 rings (SSSR count). The number of nitrogens with one attached hydrogen (secondary N) is 1. The molecule has 16 heavy (non-hydrogen) atoms. The third-order valence-corrected chi connectivity index (χ3v) is 3.79. The van der Waals surface area contributed by atoms with Crippen LogP contribution in [-0.2, 0) is 0 Å². The fourth-order valence-corrected chi connectivity index (χ4v) is 2.82. The Kier molecular flexibility index (Phi) is 5.09. The lowest BCUT2D eigenvalue weighted by atomic mass is 9.76. The van der Waals surface area contributed by atoms with Crippen LogP contribution < -0.4 is 5.32 Å². The fourth-order valence-electron chi connectivity index (χ4n) is 2.82. The summed E-state index contributed by atoms with van der Waals surface area (Å²) in [5.41, 5.74) is 0. The maximum Gasteiger partial charge on any atom is 0.390 e. The molecule has 0 aliphatic heterocycles. The molecule has 0 saturated heterocycles. The van der Waals surface area contributed by atoms with E-state index in [4.69, 9.17) is 0 Å². The number of hydrogen-bond donors (Lipinski definition) is 1. The zero-order chi connectivity index (χ0) is 12.2. The molecule has 1 fully saturated rings. The second-order valence-corrected chi connectivity index (χ2v) is 4.92. The normalized spacial score (nSPS) is 29.1. The molecule has 0 aromatic carbocycles. The molecule has 0 radical (unpaired) electrons. The summed E-state index contributed by atoms with van der Waals surface area (Å²) in [5, 5.41) is 2.85. The van der Waals surface area contributed by atoms with Gasteiger partial charge in [0.2, 0.25) is 0 Å². The highest BCUT2D eigenvalue weighted by molar-refractivity contribution is 4.83. The van der Waals surface area contributed by atoms with Gasteiger partial charge in [-0.3, -0.25) is 0 Å². The Morgan fingerprint density at radius 2 is 2.00 bits per heavy atom. The summed E-state index contributed by atoms with van der Waals surface area (Å²) in [4.78, 5) is 0. The third kappa shape index (κ3) is 4.32. The van der Waals surface area contributed by atoms with Gasteiger partial charge in [-0.2, -0.15) is 13.2 Å². The van der Waals surface area contributed by atoms with E-state index in [2.05, 4.69) is 12.2 Å². The van der Waals surface area contributed by atoms with Gasteiger partial charge >= 0.3 is 6.18 Å². The number of alkyl halides is 3. The molecule has 96 valence electrons. The van der Waals surface area contributed by atoms with Crippen molar-refractivity contribution in [2.24, 2.45) is 11.8 Å². The lowest BCUT2D eigenvalue weighted by Gasteiger charge is -2.34. The van der Waals surface area contributed by atoms with Crippen molar-refractivity contribution in [2.75, 3.05) is 7.05 Å². The van der Waals surface area contributed by atoms with Crippen molar-refractivity contribution in [1.82, 2.24) is 5.32 Å². The minimum atomic E-state index is -4.05. The van der Waals surface area contributed by atoms with Gasteiger partial charge in [0.05, 0.1) is 6.42 Å². The summed E-state index contributed by atoms with van der Waals surface area (Å²) in [7, 11) is 1.64. The van der Waals surface area contributed by atoms with Gasteiger partial charge in [-0.05, 0) is 31.7 Å². The number of halogens is 3. The van der Waals surface area contributed by atoms with Gasteiger partial charge in [0, 0.05) is 6.04 Å². The van der Waals surface area contributed by atoms with Gasteiger partial charge in [-0.25, -0.2) is 0 Å². The van der Waals surface area contributed by atoms with Gasteiger partial charge in [0.1, 0.15) is 0 Å². The fraction of sp³-hybridized carbons (Fsp3) is 1.00. The highest BCUT2D eigenvalue weighted by Gasteiger charge is 2.36. The Labute approximate surface area is 95.8 Å². The van der Waals surface area contributed by atoms with Crippen molar-refractivity contribution < 1.29 is 13.2 Å². The van der Waals surface area contributed by atoms with Crippen molar-refractivity contribution in [2.45, 2.75) is 57.7 Å². The van der Waals surface area contributed by atoms with E-state index in [1.165, 1.54) is 6.42 Å². The van der Waals surface area contributed by atoms with Crippen LogP contribution in [0.25, 0.3) is 0 Å². The predicted molar refractivity (Wildman–Crippen MR) is 59.3 cm³/mol. The average Bonchev–Trinajstić information content (AvgIpc) is 2.25. The molecule has 3 unspecified atom stereocenters. The molecule has 0 heterocycles. The first-order chi connectivity index (χ1) is 7.46. The summed E-state index contributed by atoms with van der Waals surface area (Å²) in [6.07, 6.45) is 0.529. The van der Waals surface area contributed by atoms with Crippen molar-refractivity contribution in [3.05, 3.63) is 0 Å². The van der Waals surface area contributed by atoms with Crippen LogP contribution in [0.15, 0.2) is 0 Å². The molecule has 0 aromatic heterocycles. The zero-order valence-electron chi connectivity index (χ0n) is 10.1. The van der Waals surface area contributed by atoms with E-state index in [1.54, 1.807) is 7.05 Å². The third-order valence-electron chi connectivity index (χ3n) is 3.79. The quantitative estimate of drug-likeness (QED) is 0.785. The van der Waals surface area contributed by atoms with Gasteiger partial charge in [-0.15, -0.1) is 0 Å². The molecule has 0 spiro atoms. The number of hydrogen-bond acceptors (Lipinski definition) is 1. The second kappa shape index (κ2) is 5.89. The molecule has 1 saturated carbocycles. The maximum atomic E-state index is 12.4. The highest BCUT2D eigenvalue weighted by atomic mass is 19.4. The topological polar surface area (TPSA) is 12.0 Å². The smallest absolute Gasteiger partial charge is 0.316 e. The Morgan fingerprint density at radius 3 is 2.50 bits per heavy atom. The Morgan fingerprint density at radius 1 is 1.31 bits per heavy atom. The predicted octanol–water partition coefficient (Wildman–Crippen LogP) is 3.74. The van der Waals surface area contributed by atoms with Crippen LogP contribution in [0.1, 0.15) is 45.4 Å². The molecule has 3 atom stereocenters. The van der Waals surface area contributed by atoms with Gasteiger partial charge in [-0.1, -0.05) is 26.2 Å². The molecule has 0 amide bonds. The van der Waals surface area contributed by atoms with E-state index in [0.29, 0.717) is 5.92 Å². The summed E-state index contributed by atoms with van der Waals surface area (Å²) in [5.74, 6) is 0.827. The molecular weight excluding hydrogens is 215 g/mol. The molecule has 0 aromatic rings. The SMILES string of the molecule is CCC1CCCC(C(CC(F)(F)F)NC)C1. The first-order valence-corrected chi connectivity index (χ1v) is 6.20. The van der Waals surface area contributed by atoms with Crippen LogP contribution in [0.5, 0.6) is 0 Å². The zero-order valence-corrected chi connectivity index (χ0v) is 10.1. The van der Waals surface area contributed by atoms with Gasteiger partial charge in [0.25, 0.3) is 0 Å². The summed E-state index contributed by atoms with van der Waals surface area (Å²) in [6.45, 7) is 2.13. The van der Waals surface area contributed by atoms with Crippen molar-refractivity contribution in [3.63, 3.8) is 0 Å². The van der Waals surface area contributed by atoms with Crippen LogP contribution in [0.4, 0.5) is 13.2 Å². The molecule has 1 nitrogen and oxygen atoms in total. The van der Waals surface area contributed by atoms with Crippen molar-refractivity contribution in [1.29, 1.82) is 0 Å². The first-order valence-electron chi connectivity index (χ1n) is 6.20. The molecule has 1 N–H and O–H groups in total. The van der Waals surface area contributed by atoms with Crippen LogP contribution >= 0.6 is 0 Å². The van der Waals surface area contributed by atoms with E-state index in [0.717, 1.165) is 25.7 Å². The Bertz CT molecular complexity index is 203. The van der Waals surface area contributed by atoms with E-state index in [-0.39, 0.29) is 5.92 Å². The van der Waals surface area contributed by atoms with E-state index in [1.807, 2.05) is 0 Å². The first kappa shape index (κ1) is 13.8. The summed E-state index contributed by atoms with van der Waals surface area (Å²) >= 11 is 0.